The van der Waals surface area contributed by atoms with Gasteiger partial charge in [0.2, 0.25) is 0 Å². The van der Waals surface area contributed by atoms with Crippen molar-refractivity contribution in [1.82, 2.24) is 9.97 Å². The molecule has 0 bridgehead atoms. The summed E-state index contributed by atoms with van der Waals surface area (Å²) < 4.78 is 13.8. The summed E-state index contributed by atoms with van der Waals surface area (Å²) in [6.45, 7) is 1.21. The first-order chi connectivity index (χ1) is 11.5. The SMILES string of the molecule is NC(=O)c1cnc(N2CCCC(O)C2)c2c1[nH]c1ccc(F)cc12. The van der Waals surface area contributed by atoms with Crippen LogP contribution >= 0.6 is 0 Å². The number of piperidine rings is 1. The zero-order valence-corrected chi connectivity index (χ0v) is 12.9. The van der Waals surface area contributed by atoms with Gasteiger partial charge >= 0.3 is 0 Å². The van der Waals surface area contributed by atoms with Crippen molar-refractivity contribution in [2.45, 2.75) is 18.9 Å². The van der Waals surface area contributed by atoms with E-state index in [-0.39, 0.29) is 11.4 Å². The maximum absolute atomic E-state index is 13.8. The van der Waals surface area contributed by atoms with Crippen LogP contribution in [0.5, 0.6) is 0 Å². The summed E-state index contributed by atoms with van der Waals surface area (Å²) in [7, 11) is 0. The van der Waals surface area contributed by atoms with Crippen LogP contribution in [0.25, 0.3) is 21.8 Å². The molecule has 6 nitrogen and oxygen atoms in total. The van der Waals surface area contributed by atoms with Gasteiger partial charge in [-0.3, -0.25) is 4.79 Å². The minimum Gasteiger partial charge on any atom is -0.391 e. The predicted molar refractivity (Wildman–Crippen MR) is 89.5 cm³/mol. The number of pyridine rings is 1. The van der Waals surface area contributed by atoms with Crippen LogP contribution < -0.4 is 10.6 Å². The number of fused-ring (bicyclic) bond motifs is 3. The molecule has 1 aliphatic heterocycles. The number of rotatable bonds is 2. The van der Waals surface area contributed by atoms with Crippen LogP contribution in [0.3, 0.4) is 0 Å². The first kappa shape index (κ1) is 14.9. The number of carbonyl (C=O) groups is 1. The maximum Gasteiger partial charge on any atom is 0.252 e. The van der Waals surface area contributed by atoms with Crippen LogP contribution in [0.15, 0.2) is 24.4 Å². The van der Waals surface area contributed by atoms with Gasteiger partial charge in [0.25, 0.3) is 5.91 Å². The van der Waals surface area contributed by atoms with Gasteiger partial charge in [-0.25, -0.2) is 9.37 Å². The molecule has 0 aliphatic carbocycles. The Morgan fingerprint density at radius 1 is 1.46 bits per heavy atom. The van der Waals surface area contributed by atoms with E-state index in [0.29, 0.717) is 34.2 Å². The summed E-state index contributed by atoms with van der Waals surface area (Å²) in [5.41, 5.74) is 6.98. The summed E-state index contributed by atoms with van der Waals surface area (Å²) in [6, 6.07) is 4.41. The number of β-amino-alcohol motifs (C(OH)–C–C–N with tert-alkyl or cyclic N) is 1. The third-order valence-electron chi connectivity index (χ3n) is 4.53. The average molecular weight is 328 g/mol. The molecule has 1 saturated heterocycles. The number of benzene rings is 1. The van der Waals surface area contributed by atoms with E-state index in [1.165, 1.54) is 18.3 Å². The molecule has 1 aliphatic rings. The lowest BCUT2D eigenvalue weighted by Gasteiger charge is -2.31. The number of amides is 1. The number of nitrogens with one attached hydrogen (secondary N) is 1. The van der Waals surface area contributed by atoms with Crippen LogP contribution in [0.1, 0.15) is 23.2 Å². The van der Waals surface area contributed by atoms with Crippen LogP contribution in [0.2, 0.25) is 0 Å². The normalized spacial score (nSPS) is 18.4. The number of halogens is 1. The Morgan fingerprint density at radius 3 is 3.04 bits per heavy atom. The van der Waals surface area contributed by atoms with E-state index in [9.17, 15) is 14.3 Å². The van der Waals surface area contributed by atoms with Crippen molar-refractivity contribution in [2.75, 3.05) is 18.0 Å². The Balaban J connectivity index is 2.03. The molecule has 0 radical (unpaired) electrons. The number of aromatic nitrogens is 2. The van der Waals surface area contributed by atoms with Crippen molar-refractivity contribution < 1.29 is 14.3 Å². The number of aromatic amines is 1. The number of hydrogen-bond acceptors (Lipinski definition) is 4. The van der Waals surface area contributed by atoms with Crippen LogP contribution in [0, 0.1) is 5.82 Å². The van der Waals surface area contributed by atoms with Crippen molar-refractivity contribution >= 4 is 33.5 Å². The molecule has 1 fully saturated rings. The summed E-state index contributed by atoms with van der Waals surface area (Å²) in [5, 5.41) is 11.3. The number of carbonyl (C=O) groups excluding carboxylic acids is 1. The quantitative estimate of drug-likeness (QED) is 0.670. The third kappa shape index (κ3) is 2.28. The highest BCUT2D eigenvalue weighted by atomic mass is 19.1. The number of nitrogens with two attached hydrogens (primary N) is 1. The molecule has 7 heteroatoms. The van der Waals surface area contributed by atoms with Gasteiger partial charge in [-0.2, -0.15) is 0 Å². The number of primary amides is 1. The van der Waals surface area contributed by atoms with Gasteiger partial charge in [0.05, 0.1) is 22.6 Å². The van der Waals surface area contributed by atoms with E-state index < -0.39 is 12.0 Å². The number of H-pyrrole nitrogens is 1. The fraction of sp³-hybridized carbons (Fsp3) is 0.294. The predicted octanol–water partition coefficient (Wildman–Crippen LogP) is 1.92. The van der Waals surface area contributed by atoms with Gasteiger partial charge < -0.3 is 20.7 Å². The maximum atomic E-state index is 13.8. The molecule has 4 rings (SSSR count). The van der Waals surface area contributed by atoms with Crippen molar-refractivity contribution in [3.63, 3.8) is 0 Å². The second-order valence-corrected chi connectivity index (χ2v) is 6.17. The second kappa shape index (κ2) is 5.45. The lowest BCUT2D eigenvalue weighted by atomic mass is 10.1. The van der Waals surface area contributed by atoms with E-state index in [2.05, 4.69) is 9.97 Å². The molecule has 24 heavy (non-hydrogen) atoms. The van der Waals surface area contributed by atoms with Crippen molar-refractivity contribution in [3.05, 3.63) is 35.8 Å². The molecular weight excluding hydrogens is 311 g/mol. The first-order valence-corrected chi connectivity index (χ1v) is 7.87. The number of aliphatic hydroxyl groups excluding tert-OH is 1. The number of aliphatic hydroxyl groups is 1. The van der Waals surface area contributed by atoms with Crippen LogP contribution in [-0.4, -0.2) is 40.2 Å². The van der Waals surface area contributed by atoms with E-state index in [1.54, 1.807) is 6.07 Å². The first-order valence-electron chi connectivity index (χ1n) is 7.87. The Morgan fingerprint density at radius 2 is 2.29 bits per heavy atom. The van der Waals surface area contributed by atoms with Gasteiger partial charge in [-0.1, -0.05) is 0 Å². The van der Waals surface area contributed by atoms with Crippen LogP contribution in [0.4, 0.5) is 10.2 Å². The zero-order valence-electron chi connectivity index (χ0n) is 12.9. The molecule has 3 aromatic rings. The molecular formula is C17H17FN4O2. The molecule has 2 aromatic heterocycles. The Kier molecular flexibility index (Phi) is 3.38. The smallest absolute Gasteiger partial charge is 0.252 e. The van der Waals surface area contributed by atoms with E-state index in [4.69, 9.17) is 5.73 Å². The van der Waals surface area contributed by atoms with Gasteiger partial charge in [-0.05, 0) is 31.0 Å². The van der Waals surface area contributed by atoms with Gasteiger partial charge in [-0.15, -0.1) is 0 Å². The largest absolute Gasteiger partial charge is 0.391 e. The average Bonchev–Trinajstić information content (AvgIpc) is 2.92. The molecule has 1 amide bonds. The third-order valence-corrected chi connectivity index (χ3v) is 4.53. The molecule has 3 heterocycles. The summed E-state index contributed by atoms with van der Waals surface area (Å²) in [4.78, 5) is 21.3. The summed E-state index contributed by atoms with van der Waals surface area (Å²) >= 11 is 0. The Hall–Kier alpha value is -2.67. The molecule has 1 aromatic carbocycles. The highest BCUT2D eigenvalue weighted by Gasteiger charge is 2.24. The Bertz CT molecular complexity index is 953. The fourth-order valence-electron chi connectivity index (χ4n) is 3.43. The number of hydrogen-bond donors (Lipinski definition) is 3. The number of anilines is 1. The van der Waals surface area contributed by atoms with E-state index >= 15 is 0 Å². The molecule has 1 unspecified atom stereocenters. The highest BCUT2D eigenvalue weighted by Crippen LogP contribution is 2.35. The van der Waals surface area contributed by atoms with Crippen molar-refractivity contribution in [3.8, 4) is 0 Å². The molecule has 1 atom stereocenters. The zero-order chi connectivity index (χ0) is 16.8. The highest BCUT2D eigenvalue weighted by molar-refractivity contribution is 6.18. The molecule has 0 spiro atoms. The summed E-state index contributed by atoms with van der Waals surface area (Å²) in [6.07, 6.45) is 2.61. The molecule has 0 saturated carbocycles. The van der Waals surface area contributed by atoms with Gasteiger partial charge in [0, 0.05) is 30.2 Å². The lowest BCUT2D eigenvalue weighted by molar-refractivity contribution is 0.100. The minimum atomic E-state index is -0.593. The second-order valence-electron chi connectivity index (χ2n) is 6.17. The number of nitrogens with zero attached hydrogens (tertiary/aromatic N) is 2. The van der Waals surface area contributed by atoms with E-state index in [0.717, 1.165) is 19.4 Å². The minimum absolute atomic E-state index is 0.267. The van der Waals surface area contributed by atoms with Gasteiger partial charge in [0.15, 0.2) is 0 Å². The van der Waals surface area contributed by atoms with Crippen molar-refractivity contribution in [2.24, 2.45) is 5.73 Å². The fourth-order valence-corrected chi connectivity index (χ4v) is 3.43. The standard InChI is InChI=1S/C17H17FN4O2/c18-9-3-4-13-11(6-9)14-15(21-13)12(16(19)24)7-20-17(14)22-5-1-2-10(23)8-22/h3-4,6-7,10,21,23H,1-2,5,8H2,(H2,19,24). The van der Waals surface area contributed by atoms with Gasteiger partial charge in [0.1, 0.15) is 11.6 Å². The van der Waals surface area contributed by atoms with Crippen molar-refractivity contribution in [1.29, 1.82) is 0 Å². The molecule has 124 valence electrons. The van der Waals surface area contributed by atoms with Crippen LogP contribution in [-0.2, 0) is 0 Å². The monoisotopic (exact) mass is 328 g/mol. The van der Waals surface area contributed by atoms with E-state index in [1.807, 2.05) is 4.90 Å². The molecule has 4 N–H and O–H groups in total. The topological polar surface area (TPSA) is 95.2 Å². The lowest BCUT2D eigenvalue weighted by Crippen LogP contribution is -2.38. The Labute approximate surface area is 137 Å². The summed E-state index contributed by atoms with van der Waals surface area (Å²) in [5.74, 6) is -0.326.